The van der Waals surface area contributed by atoms with E-state index in [1.807, 2.05) is 0 Å². The lowest BCUT2D eigenvalue weighted by Crippen LogP contribution is -2.66. The standard InChI is InChI=1S/C29H45N3/c1-4-5-6-7-8-9-10-17-24-31-25-18-23-30-28(31)29(2,3)32(26-19-13-11-14-20-26)27-21-15-12-16-22-27/h11-16,19-22,28,30H,4-10,17-18,23-25H2,1-3H3. The monoisotopic (exact) mass is 435 g/mol. The number of benzene rings is 2. The van der Waals surface area contributed by atoms with Crippen LogP contribution in [0.3, 0.4) is 0 Å². The highest BCUT2D eigenvalue weighted by Crippen LogP contribution is 2.36. The van der Waals surface area contributed by atoms with Gasteiger partial charge in [0.05, 0.1) is 11.7 Å². The van der Waals surface area contributed by atoms with Crippen molar-refractivity contribution in [3.63, 3.8) is 0 Å². The molecule has 1 N–H and O–H groups in total. The Balaban J connectivity index is 1.67. The molecule has 32 heavy (non-hydrogen) atoms. The van der Waals surface area contributed by atoms with Crippen LogP contribution in [0.15, 0.2) is 60.7 Å². The molecule has 3 rings (SSSR count). The first-order valence-corrected chi connectivity index (χ1v) is 13.0. The molecule has 0 bridgehead atoms. The molecular weight excluding hydrogens is 390 g/mol. The Morgan fingerprint density at radius 3 is 1.91 bits per heavy atom. The molecule has 3 nitrogen and oxygen atoms in total. The minimum atomic E-state index is -0.0940. The van der Waals surface area contributed by atoms with Gasteiger partial charge in [0.2, 0.25) is 0 Å². The third-order valence-electron chi connectivity index (χ3n) is 6.90. The van der Waals surface area contributed by atoms with E-state index in [0.717, 1.165) is 6.54 Å². The maximum absolute atomic E-state index is 3.89. The van der Waals surface area contributed by atoms with Gasteiger partial charge in [-0.3, -0.25) is 10.2 Å². The van der Waals surface area contributed by atoms with Crippen LogP contribution in [-0.4, -0.2) is 36.2 Å². The second-order valence-electron chi connectivity index (χ2n) is 9.88. The quantitative estimate of drug-likeness (QED) is 0.331. The van der Waals surface area contributed by atoms with Crippen molar-refractivity contribution in [3.8, 4) is 0 Å². The van der Waals surface area contributed by atoms with Gasteiger partial charge in [0, 0.05) is 17.9 Å². The zero-order valence-electron chi connectivity index (χ0n) is 20.7. The van der Waals surface area contributed by atoms with Crippen LogP contribution in [-0.2, 0) is 0 Å². The fourth-order valence-corrected chi connectivity index (χ4v) is 5.26. The number of hydrogen-bond donors (Lipinski definition) is 1. The van der Waals surface area contributed by atoms with E-state index < -0.39 is 0 Å². The molecule has 1 fully saturated rings. The van der Waals surface area contributed by atoms with Crippen LogP contribution < -0.4 is 10.2 Å². The largest absolute Gasteiger partial charge is 0.333 e. The summed E-state index contributed by atoms with van der Waals surface area (Å²) >= 11 is 0. The van der Waals surface area contributed by atoms with Crippen LogP contribution in [0, 0.1) is 0 Å². The van der Waals surface area contributed by atoms with Crippen LogP contribution in [0.25, 0.3) is 0 Å². The molecule has 1 aliphatic rings. The third kappa shape index (κ3) is 6.83. The topological polar surface area (TPSA) is 18.5 Å². The minimum Gasteiger partial charge on any atom is -0.333 e. The molecule has 2 aromatic rings. The molecule has 0 aromatic heterocycles. The molecule has 3 heteroatoms. The van der Waals surface area contributed by atoms with Gasteiger partial charge >= 0.3 is 0 Å². The van der Waals surface area contributed by atoms with Crippen LogP contribution in [0.1, 0.15) is 78.6 Å². The molecule has 1 heterocycles. The maximum atomic E-state index is 3.89. The van der Waals surface area contributed by atoms with Crippen molar-refractivity contribution in [3.05, 3.63) is 60.7 Å². The average molecular weight is 436 g/mol. The van der Waals surface area contributed by atoms with Gasteiger partial charge in [0.15, 0.2) is 0 Å². The first kappa shape index (κ1) is 24.8. The summed E-state index contributed by atoms with van der Waals surface area (Å²) in [7, 11) is 0. The normalized spacial score (nSPS) is 17.4. The molecule has 0 spiro atoms. The van der Waals surface area contributed by atoms with E-state index >= 15 is 0 Å². The van der Waals surface area contributed by atoms with E-state index in [9.17, 15) is 0 Å². The van der Waals surface area contributed by atoms with Crippen molar-refractivity contribution in [2.75, 3.05) is 24.5 Å². The van der Waals surface area contributed by atoms with Gasteiger partial charge in [-0.05, 0) is 64.0 Å². The smallest absolute Gasteiger partial charge is 0.0835 e. The Hall–Kier alpha value is -1.84. The van der Waals surface area contributed by atoms with Crippen molar-refractivity contribution < 1.29 is 0 Å². The van der Waals surface area contributed by atoms with Gasteiger partial charge in [-0.15, -0.1) is 0 Å². The van der Waals surface area contributed by atoms with Gasteiger partial charge in [0.25, 0.3) is 0 Å². The summed E-state index contributed by atoms with van der Waals surface area (Å²) in [5, 5.41) is 3.89. The number of para-hydroxylation sites is 2. The number of nitrogens with one attached hydrogen (secondary N) is 1. The lowest BCUT2D eigenvalue weighted by molar-refractivity contribution is 0.0770. The van der Waals surface area contributed by atoms with Gasteiger partial charge in [-0.25, -0.2) is 0 Å². The van der Waals surface area contributed by atoms with E-state index in [2.05, 4.69) is 96.6 Å². The highest BCUT2D eigenvalue weighted by Gasteiger charge is 2.40. The molecule has 176 valence electrons. The van der Waals surface area contributed by atoms with Crippen LogP contribution in [0.5, 0.6) is 0 Å². The molecular formula is C29H45N3. The molecule has 0 amide bonds. The number of rotatable bonds is 13. The Kier molecular flexibility index (Phi) is 10.1. The van der Waals surface area contributed by atoms with Crippen molar-refractivity contribution in [1.82, 2.24) is 10.2 Å². The highest BCUT2D eigenvalue weighted by molar-refractivity contribution is 5.65. The minimum absolute atomic E-state index is 0.0940. The Morgan fingerprint density at radius 1 is 0.812 bits per heavy atom. The zero-order chi connectivity index (χ0) is 22.7. The zero-order valence-corrected chi connectivity index (χ0v) is 20.7. The van der Waals surface area contributed by atoms with Gasteiger partial charge in [-0.2, -0.15) is 0 Å². The van der Waals surface area contributed by atoms with Crippen LogP contribution in [0.2, 0.25) is 0 Å². The molecule has 1 unspecified atom stereocenters. The molecule has 1 atom stereocenters. The third-order valence-corrected chi connectivity index (χ3v) is 6.90. The van der Waals surface area contributed by atoms with Crippen LogP contribution in [0.4, 0.5) is 11.4 Å². The Labute approximate surface area is 197 Å². The number of nitrogens with zero attached hydrogens (tertiary/aromatic N) is 2. The van der Waals surface area contributed by atoms with E-state index in [1.165, 1.54) is 82.3 Å². The average Bonchev–Trinajstić information content (AvgIpc) is 2.82. The lowest BCUT2D eigenvalue weighted by Gasteiger charge is -2.51. The summed E-state index contributed by atoms with van der Waals surface area (Å²) < 4.78 is 0. The van der Waals surface area contributed by atoms with E-state index in [-0.39, 0.29) is 5.54 Å². The summed E-state index contributed by atoms with van der Waals surface area (Å²) in [5.41, 5.74) is 2.41. The summed E-state index contributed by atoms with van der Waals surface area (Å²) in [5.74, 6) is 0. The molecule has 1 saturated heterocycles. The predicted molar refractivity (Wildman–Crippen MR) is 140 cm³/mol. The molecule has 0 aliphatic carbocycles. The van der Waals surface area contributed by atoms with E-state index in [1.54, 1.807) is 0 Å². The summed E-state index contributed by atoms with van der Waals surface area (Å²) in [6, 6.07) is 21.7. The number of hydrogen-bond acceptors (Lipinski definition) is 3. The van der Waals surface area contributed by atoms with Gasteiger partial charge in [-0.1, -0.05) is 88.3 Å². The van der Waals surface area contributed by atoms with E-state index in [4.69, 9.17) is 0 Å². The summed E-state index contributed by atoms with van der Waals surface area (Å²) in [4.78, 5) is 5.23. The SMILES string of the molecule is CCCCCCCCCCN1CCCNC1C(C)(C)N(c1ccccc1)c1ccccc1. The number of unbranched alkanes of at least 4 members (excludes halogenated alkanes) is 7. The molecule has 1 aliphatic heterocycles. The Bertz CT molecular complexity index is 704. The van der Waals surface area contributed by atoms with Crippen LogP contribution >= 0.6 is 0 Å². The fraction of sp³-hybridized carbons (Fsp3) is 0.586. The molecule has 0 radical (unpaired) electrons. The maximum Gasteiger partial charge on any atom is 0.0835 e. The van der Waals surface area contributed by atoms with Gasteiger partial charge < -0.3 is 4.90 Å². The van der Waals surface area contributed by atoms with Gasteiger partial charge in [0.1, 0.15) is 0 Å². The Morgan fingerprint density at radius 2 is 1.34 bits per heavy atom. The van der Waals surface area contributed by atoms with Crippen molar-refractivity contribution >= 4 is 11.4 Å². The van der Waals surface area contributed by atoms with Crippen molar-refractivity contribution in [2.24, 2.45) is 0 Å². The molecule has 2 aromatic carbocycles. The summed E-state index contributed by atoms with van der Waals surface area (Å²) in [6.07, 6.45) is 12.6. The summed E-state index contributed by atoms with van der Waals surface area (Å²) in [6.45, 7) is 10.6. The predicted octanol–water partition coefficient (Wildman–Crippen LogP) is 7.37. The second-order valence-corrected chi connectivity index (χ2v) is 9.88. The first-order valence-electron chi connectivity index (χ1n) is 13.0. The number of anilines is 2. The molecule has 0 saturated carbocycles. The van der Waals surface area contributed by atoms with E-state index in [0.29, 0.717) is 6.17 Å². The lowest BCUT2D eigenvalue weighted by atomic mass is 9.92. The second kappa shape index (κ2) is 13.0. The fourth-order valence-electron chi connectivity index (χ4n) is 5.26. The first-order chi connectivity index (χ1) is 15.6. The van der Waals surface area contributed by atoms with Crippen molar-refractivity contribution in [1.29, 1.82) is 0 Å². The highest BCUT2D eigenvalue weighted by atomic mass is 15.4. The van der Waals surface area contributed by atoms with Crippen molar-refractivity contribution in [2.45, 2.75) is 90.3 Å².